The summed E-state index contributed by atoms with van der Waals surface area (Å²) in [5.41, 5.74) is 0.761. The van der Waals surface area contributed by atoms with Gasteiger partial charge in [0.15, 0.2) is 6.61 Å². The van der Waals surface area contributed by atoms with Crippen LogP contribution in [0.5, 0.6) is 11.5 Å². The maximum absolute atomic E-state index is 11.8. The van der Waals surface area contributed by atoms with Gasteiger partial charge in [-0.1, -0.05) is 34.8 Å². The monoisotopic (exact) mass is 344 g/mol. The topological polar surface area (TPSA) is 35.5 Å². The molecule has 0 fully saturated rings. The number of hydrogen-bond donors (Lipinski definition) is 0. The Morgan fingerprint density at radius 2 is 1.67 bits per heavy atom. The molecule has 3 nitrogen and oxygen atoms in total. The Kier molecular flexibility index (Phi) is 5.34. The van der Waals surface area contributed by atoms with Gasteiger partial charge >= 0.3 is 5.97 Å². The summed E-state index contributed by atoms with van der Waals surface area (Å²) in [5.74, 6) is 0.218. The van der Waals surface area contributed by atoms with Gasteiger partial charge in [0.2, 0.25) is 0 Å². The number of hydrogen-bond acceptors (Lipinski definition) is 3. The van der Waals surface area contributed by atoms with E-state index in [-0.39, 0.29) is 6.61 Å². The fourth-order valence-electron chi connectivity index (χ4n) is 1.60. The van der Waals surface area contributed by atoms with Crippen LogP contribution in [0.4, 0.5) is 0 Å². The standard InChI is InChI=1S/C15H11Cl3O3/c1-9-6-10(16)3-5-13(9)21-15(19)8-20-14-7-11(17)2-4-12(14)18/h2-7H,8H2,1H3. The highest BCUT2D eigenvalue weighted by Gasteiger charge is 2.10. The van der Waals surface area contributed by atoms with Gasteiger partial charge in [-0.3, -0.25) is 0 Å². The Hall–Kier alpha value is -1.42. The van der Waals surface area contributed by atoms with E-state index in [0.717, 1.165) is 5.56 Å². The third kappa shape index (κ3) is 4.53. The lowest BCUT2D eigenvalue weighted by atomic mass is 10.2. The molecular weight excluding hydrogens is 335 g/mol. The summed E-state index contributed by atoms with van der Waals surface area (Å²) in [6.45, 7) is 1.52. The first kappa shape index (κ1) is 16.0. The molecule has 0 saturated carbocycles. The van der Waals surface area contributed by atoms with Crippen LogP contribution in [-0.2, 0) is 4.79 Å². The van der Waals surface area contributed by atoms with E-state index in [4.69, 9.17) is 44.3 Å². The predicted octanol–water partition coefficient (Wildman–Crippen LogP) is 4.94. The number of carbonyl (C=O) groups is 1. The summed E-state index contributed by atoms with van der Waals surface area (Å²) in [7, 11) is 0. The first-order valence-electron chi connectivity index (χ1n) is 6.00. The number of esters is 1. The second-order valence-corrected chi connectivity index (χ2v) is 5.53. The first-order valence-corrected chi connectivity index (χ1v) is 7.14. The molecule has 0 aliphatic rings. The van der Waals surface area contributed by atoms with Crippen molar-refractivity contribution in [1.82, 2.24) is 0 Å². The second kappa shape index (κ2) is 7.03. The van der Waals surface area contributed by atoms with Crippen molar-refractivity contribution in [2.75, 3.05) is 6.61 Å². The summed E-state index contributed by atoms with van der Waals surface area (Å²) in [6.07, 6.45) is 0. The van der Waals surface area contributed by atoms with Crippen molar-refractivity contribution >= 4 is 40.8 Å². The highest BCUT2D eigenvalue weighted by molar-refractivity contribution is 6.34. The van der Waals surface area contributed by atoms with Crippen molar-refractivity contribution in [2.24, 2.45) is 0 Å². The highest BCUT2D eigenvalue weighted by Crippen LogP contribution is 2.28. The fourth-order valence-corrected chi connectivity index (χ4v) is 2.16. The van der Waals surface area contributed by atoms with Crippen LogP contribution in [0.15, 0.2) is 36.4 Å². The molecule has 2 rings (SSSR count). The van der Waals surface area contributed by atoms with Crippen LogP contribution >= 0.6 is 34.8 Å². The van der Waals surface area contributed by atoms with Gasteiger partial charge in [-0.15, -0.1) is 0 Å². The van der Waals surface area contributed by atoms with Gasteiger partial charge in [0.05, 0.1) is 5.02 Å². The molecule has 2 aromatic rings. The quantitative estimate of drug-likeness (QED) is 0.581. The summed E-state index contributed by atoms with van der Waals surface area (Å²) in [6, 6.07) is 9.73. The van der Waals surface area contributed by atoms with Gasteiger partial charge in [-0.25, -0.2) is 4.79 Å². The van der Waals surface area contributed by atoms with Gasteiger partial charge in [0, 0.05) is 16.1 Å². The number of benzene rings is 2. The average molecular weight is 346 g/mol. The van der Waals surface area contributed by atoms with Gasteiger partial charge in [0.1, 0.15) is 11.5 Å². The predicted molar refractivity (Wildman–Crippen MR) is 83.8 cm³/mol. The molecule has 0 heterocycles. The Morgan fingerprint density at radius 1 is 1.00 bits per heavy atom. The van der Waals surface area contributed by atoms with Crippen molar-refractivity contribution in [2.45, 2.75) is 6.92 Å². The molecule has 0 unspecified atom stereocenters. The summed E-state index contributed by atoms with van der Waals surface area (Å²) >= 11 is 17.6. The van der Waals surface area contributed by atoms with Crippen molar-refractivity contribution < 1.29 is 14.3 Å². The highest BCUT2D eigenvalue weighted by atomic mass is 35.5. The molecule has 0 spiro atoms. The lowest BCUT2D eigenvalue weighted by Crippen LogP contribution is -2.18. The third-order valence-electron chi connectivity index (χ3n) is 2.60. The van der Waals surface area contributed by atoms with Gasteiger partial charge < -0.3 is 9.47 Å². The van der Waals surface area contributed by atoms with Gasteiger partial charge in [-0.05, 0) is 42.8 Å². The lowest BCUT2D eigenvalue weighted by Gasteiger charge is -2.10. The van der Waals surface area contributed by atoms with Crippen molar-refractivity contribution in [3.8, 4) is 11.5 Å². The van der Waals surface area contributed by atoms with Crippen molar-refractivity contribution in [1.29, 1.82) is 0 Å². The zero-order chi connectivity index (χ0) is 15.4. The molecule has 0 N–H and O–H groups in total. The van der Waals surface area contributed by atoms with Crippen LogP contribution in [0.25, 0.3) is 0 Å². The Labute approximate surface area is 137 Å². The van der Waals surface area contributed by atoms with E-state index in [1.54, 1.807) is 37.3 Å². The van der Waals surface area contributed by atoms with E-state index in [2.05, 4.69) is 0 Å². The molecule has 0 aromatic heterocycles. The average Bonchev–Trinajstić information content (AvgIpc) is 2.43. The molecule has 0 saturated heterocycles. The molecule has 21 heavy (non-hydrogen) atoms. The third-order valence-corrected chi connectivity index (χ3v) is 3.38. The Morgan fingerprint density at radius 3 is 2.38 bits per heavy atom. The van der Waals surface area contributed by atoms with Crippen LogP contribution in [0.1, 0.15) is 5.56 Å². The number of halogens is 3. The summed E-state index contributed by atoms with van der Waals surface area (Å²) in [4.78, 5) is 11.8. The minimum Gasteiger partial charge on any atom is -0.480 e. The molecule has 110 valence electrons. The van der Waals surface area contributed by atoms with E-state index in [0.29, 0.717) is 26.6 Å². The van der Waals surface area contributed by atoms with Crippen molar-refractivity contribution in [3.05, 3.63) is 57.0 Å². The lowest BCUT2D eigenvalue weighted by molar-refractivity contribution is -0.136. The first-order chi connectivity index (χ1) is 9.95. The minimum atomic E-state index is -0.545. The van der Waals surface area contributed by atoms with E-state index in [1.807, 2.05) is 0 Å². The van der Waals surface area contributed by atoms with Crippen LogP contribution in [0, 0.1) is 6.92 Å². The maximum Gasteiger partial charge on any atom is 0.349 e. The van der Waals surface area contributed by atoms with E-state index < -0.39 is 5.97 Å². The van der Waals surface area contributed by atoms with Crippen LogP contribution in [-0.4, -0.2) is 12.6 Å². The SMILES string of the molecule is Cc1cc(Cl)ccc1OC(=O)COc1cc(Cl)ccc1Cl. The number of ether oxygens (including phenoxy) is 2. The zero-order valence-electron chi connectivity index (χ0n) is 11.0. The molecule has 0 atom stereocenters. The minimum absolute atomic E-state index is 0.276. The largest absolute Gasteiger partial charge is 0.480 e. The molecule has 0 aliphatic carbocycles. The maximum atomic E-state index is 11.8. The molecule has 0 bridgehead atoms. The molecule has 2 aromatic carbocycles. The van der Waals surface area contributed by atoms with E-state index in [1.165, 1.54) is 6.07 Å². The molecule has 6 heteroatoms. The zero-order valence-corrected chi connectivity index (χ0v) is 13.3. The Balaban J connectivity index is 1.97. The fraction of sp³-hybridized carbons (Fsp3) is 0.133. The smallest absolute Gasteiger partial charge is 0.349 e. The Bertz CT molecular complexity index is 671. The molecular formula is C15H11Cl3O3. The normalized spacial score (nSPS) is 10.3. The number of aryl methyl sites for hydroxylation is 1. The van der Waals surface area contributed by atoms with Gasteiger partial charge in [-0.2, -0.15) is 0 Å². The number of rotatable bonds is 4. The van der Waals surface area contributed by atoms with Crippen LogP contribution in [0.2, 0.25) is 15.1 Å². The molecule has 0 aliphatic heterocycles. The van der Waals surface area contributed by atoms with Crippen molar-refractivity contribution in [3.63, 3.8) is 0 Å². The van der Waals surface area contributed by atoms with E-state index >= 15 is 0 Å². The summed E-state index contributed by atoms with van der Waals surface area (Å²) in [5, 5.41) is 1.42. The van der Waals surface area contributed by atoms with Crippen LogP contribution < -0.4 is 9.47 Å². The second-order valence-electron chi connectivity index (χ2n) is 4.25. The van der Waals surface area contributed by atoms with E-state index in [9.17, 15) is 4.79 Å². The molecule has 0 amide bonds. The molecule has 0 radical (unpaired) electrons. The van der Waals surface area contributed by atoms with Gasteiger partial charge in [0.25, 0.3) is 0 Å². The number of carbonyl (C=O) groups excluding carboxylic acids is 1. The summed E-state index contributed by atoms with van der Waals surface area (Å²) < 4.78 is 10.5. The van der Waals surface area contributed by atoms with Crippen LogP contribution in [0.3, 0.4) is 0 Å².